The van der Waals surface area contributed by atoms with E-state index in [1.807, 2.05) is 41.8 Å². The van der Waals surface area contributed by atoms with E-state index in [4.69, 9.17) is 9.47 Å². The first kappa shape index (κ1) is 15.2. The molecule has 0 fully saturated rings. The lowest BCUT2D eigenvalue weighted by Gasteiger charge is -2.13. The van der Waals surface area contributed by atoms with Gasteiger partial charge in [-0.1, -0.05) is 24.3 Å². The number of carbonyl (C=O) groups excluding carboxylic acids is 1. The summed E-state index contributed by atoms with van der Waals surface area (Å²) < 4.78 is 11.1. The van der Waals surface area contributed by atoms with Crippen LogP contribution in [0.5, 0.6) is 11.5 Å². The normalized spacial score (nSPS) is 10.3. The van der Waals surface area contributed by atoms with E-state index < -0.39 is 0 Å². The van der Waals surface area contributed by atoms with Crippen LogP contribution in [0.15, 0.2) is 53.4 Å². The van der Waals surface area contributed by atoms with Gasteiger partial charge >= 0.3 is 0 Å². The monoisotopic (exact) mass is 325 g/mol. The van der Waals surface area contributed by atoms with Gasteiger partial charge in [0.05, 0.1) is 18.3 Å². The predicted octanol–water partition coefficient (Wildman–Crippen LogP) is 4.21. The highest BCUT2D eigenvalue weighted by Crippen LogP contribution is 2.34. The van der Waals surface area contributed by atoms with Crippen molar-refractivity contribution in [2.45, 2.75) is 6.61 Å². The zero-order valence-corrected chi connectivity index (χ0v) is 13.4. The van der Waals surface area contributed by atoms with Crippen molar-refractivity contribution in [1.29, 1.82) is 0 Å². The number of thiazole rings is 1. The van der Waals surface area contributed by atoms with Crippen LogP contribution in [0, 0.1) is 0 Å². The Hall–Kier alpha value is -2.66. The van der Waals surface area contributed by atoms with Crippen molar-refractivity contribution in [1.82, 2.24) is 4.98 Å². The van der Waals surface area contributed by atoms with Crippen molar-refractivity contribution in [3.63, 3.8) is 0 Å². The highest BCUT2D eigenvalue weighted by atomic mass is 32.1. The fourth-order valence-electron chi connectivity index (χ4n) is 2.29. The van der Waals surface area contributed by atoms with Gasteiger partial charge in [0, 0.05) is 16.5 Å². The van der Waals surface area contributed by atoms with Gasteiger partial charge in [-0.05, 0) is 23.8 Å². The van der Waals surface area contributed by atoms with Crippen LogP contribution in [0.1, 0.15) is 16.1 Å². The number of hydrogen-bond acceptors (Lipinski definition) is 5. The zero-order chi connectivity index (χ0) is 16.1. The summed E-state index contributed by atoms with van der Waals surface area (Å²) in [5, 5.41) is 1.94. The maximum atomic E-state index is 11.4. The third-order valence-corrected chi connectivity index (χ3v) is 4.06. The van der Waals surface area contributed by atoms with Crippen molar-refractivity contribution >= 4 is 17.6 Å². The van der Waals surface area contributed by atoms with Gasteiger partial charge in [0.1, 0.15) is 18.1 Å². The molecule has 0 aliphatic carbocycles. The molecule has 3 aromatic rings. The largest absolute Gasteiger partial charge is 0.497 e. The molecular weight excluding hydrogens is 310 g/mol. The van der Waals surface area contributed by atoms with E-state index in [9.17, 15) is 4.79 Å². The molecule has 1 heterocycles. The first-order valence-corrected chi connectivity index (χ1v) is 7.98. The third kappa shape index (κ3) is 3.40. The van der Waals surface area contributed by atoms with Crippen LogP contribution in [-0.4, -0.2) is 18.4 Å². The number of carbonyl (C=O) groups is 1. The minimum atomic E-state index is 0.370. The molecule has 0 aliphatic rings. The Labute approximate surface area is 138 Å². The van der Waals surface area contributed by atoms with E-state index in [0.717, 1.165) is 28.9 Å². The van der Waals surface area contributed by atoms with Crippen LogP contribution in [0.2, 0.25) is 0 Å². The van der Waals surface area contributed by atoms with Gasteiger partial charge in [0.25, 0.3) is 0 Å². The fourth-order valence-corrected chi connectivity index (χ4v) is 2.84. The van der Waals surface area contributed by atoms with Crippen molar-refractivity contribution in [3.05, 3.63) is 64.6 Å². The van der Waals surface area contributed by atoms with Crippen molar-refractivity contribution in [2.75, 3.05) is 7.11 Å². The fraction of sp³-hybridized carbons (Fsp3) is 0.111. The Morgan fingerprint density at radius 1 is 1.17 bits per heavy atom. The Morgan fingerprint density at radius 2 is 2.00 bits per heavy atom. The maximum absolute atomic E-state index is 11.4. The molecule has 23 heavy (non-hydrogen) atoms. The van der Waals surface area contributed by atoms with E-state index in [1.165, 1.54) is 11.3 Å². The van der Waals surface area contributed by atoms with Gasteiger partial charge in [-0.25, -0.2) is 4.98 Å². The minimum Gasteiger partial charge on any atom is -0.497 e. The molecule has 0 atom stereocenters. The Kier molecular flexibility index (Phi) is 4.68. The Morgan fingerprint density at radius 3 is 2.65 bits per heavy atom. The maximum Gasteiger partial charge on any atom is 0.150 e. The third-order valence-electron chi connectivity index (χ3n) is 3.42. The molecule has 0 bridgehead atoms. The summed E-state index contributed by atoms with van der Waals surface area (Å²) in [5.41, 5.74) is 4.91. The zero-order valence-electron chi connectivity index (χ0n) is 12.6. The molecule has 0 N–H and O–H groups in total. The molecule has 1 aromatic heterocycles. The lowest BCUT2D eigenvalue weighted by atomic mass is 9.99. The number of rotatable bonds is 6. The van der Waals surface area contributed by atoms with E-state index in [2.05, 4.69) is 4.98 Å². The molecule has 2 aromatic carbocycles. The number of nitrogens with zero attached hydrogens (tertiary/aromatic N) is 1. The summed E-state index contributed by atoms with van der Waals surface area (Å²) in [6.45, 7) is 0.370. The van der Waals surface area contributed by atoms with Crippen LogP contribution in [0.4, 0.5) is 0 Å². The average Bonchev–Trinajstić information content (AvgIpc) is 3.13. The SMILES string of the molecule is COc1ccc(-c2c(C=O)cccc2OCc2cscn2)cc1. The van der Waals surface area contributed by atoms with Gasteiger partial charge in [-0.2, -0.15) is 0 Å². The van der Waals surface area contributed by atoms with Crippen LogP contribution >= 0.6 is 11.3 Å². The Bertz CT molecular complexity index is 783. The second-order valence-electron chi connectivity index (χ2n) is 4.84. The van der Waals surface area contributed by atoms with Gasteiger partial charge in [-0.3, -0.25) is 4.79 Å². The number of ether oxygens (including phenoxy) is 2. The summed E-state index contributed by atoms with van der Waals surface area (Å²) in [5.74, 6) is 1.43. The number of benzene rings is 2. The minimum absolute atomic E-state index is 0.370. The van der Waals surface area contributed by atoms with Crippen LogP contribution in [0.25, 0.3) is 11.1 Å². The molecule has 0 spiro atoms. The van der Waals surface area contributed by atoms with E-state index in [0.29, 0.717) is 17.9 Å². The molecule has 5 heteroatoms. The molecule has 4 nitrogen and oxygen atoms in total. The molecule has 0 saturated heterocycles. The summed E-state index contributed by atoms with van der Waals surface area (Å²) in [6.07, 6.45) is 0.843. The van der Waals surface area contributed by atoms with Gasteiger partial charge in [-0.15, -0.1) is 11.3 Å². The van der Waals surface area contributed by atoms with Gasteiger partial charge in [0.2, 0.25) is 0 Å². The van der Waals surface area contributed by atoms with E-state index in [-0.39, 0.29) is 0 Å². The molecule has 3 rings (SSSR count). The quantitative estimate of drug-likeness (QED) is 0.637. The van der Waals surface area contributed by atoms with Gasteiger partial charge in [0.15, 0.2) is 6.29 Å². The molecule has 0 aliphatic heterocycles. The lowest BCUT2D eigenvalue weighted by Crippen LogP contribution is -1.99. The lowest BCUT2D eigenvalue weighted by molar-refractivity contribution is 0.112. The second kappa shape index (κ2) is 7.07. The first-order valence-electron chi connectivity index (χ1n) is 7.04. The van der Waals surface area contributed by atoms with Crippen LogP contribution in [-0.2, 0) is 6.61 Å². The van der Waals surface area contributed by atoms with Crippen molar-refractivity contribution in [3.8, 4) is 22.6 Å². The summed E-state index contributed by atoms with van der Waals surface area (Å²) in [4.78, 5) is 15.6. The summed E-state index contributed by atoms with van der Waals surface area (Å²) in [6, 6.07) is 13.0. The average molecular weight is 325 g/mol. The molecule has 0 unspecified atom stereocenters. The van der Waals surface area contributed by atoms with E-state index >= 15 is 0 Å². The number of aldehydes is 1. The molecular formula is C18H15NO3S. The summed E-state index contributed by atoms with van der Waals surface area (Å²) in [7, 11) is 1.62. The van der Waals surface area contributed by atoms with E-state index in [1.54, 1.807) is 18.7 Å². The van der Waals surface area contributed by atoms with Crippen molar-refractivity contribution < 1.29 is 14.3 Å². The van der Waals surface area contributed by atoms with Crippen molar-refractivity contribution in [2.24, 2.45) is 0 Å². The second-order valence-corrected chi connectivity index (χ2v) is 5.55. The molecule has 0 amide bonds. The van der Waals surface area contributed by atoms with Crippen LogP contribution in [0.3, 0.4) is 0 Å². The summed E-state index contributed by atoms with van der Waals surface area (Å²) >= 11 is 1.53. The topological polar surface area (TPSA) is 48.4 Å². The van der Waals surface area contributed by atoms with Crippen LogP contribution < -0.4 is 9.47 Å². The molecule has 0 saturated carbocycles. The molecule has 0 radical (unpaired) electrons. The highest BCUT2D eigenvalue weighted by molar-refractivity contribution is 7.07. The predicted molar refractivity (Wildman–Crippen MR) is 90.3 cm³/mol. The van der Waals surface area contributed by atoms with Gasteiger partial charge < -0.3 is 9.47 Å². The first-order chi connectivity index (χ1) is 11.3. The number of hydrogen-bond donors (Lipinski definition) is 0. The number of methoxy groups -OCH3 is 1. The highest BCUT2D eigenvalue weighted by Gasteiger charge is 2.12. The standard InChI is InChI=1S/C18H15NO3S/c1-21-16-7-5-13(6-8-16)18-14(9-20)3-2-4-17(18)22-10-15-11-23-12-19-15/h2-9,11-12H,10H2,1H3. The Balaban J connectivity index is 1.96. The molecule has 116 valence electrons. The number of aromatic nitrogens is 1. The smallest absolute Gasteiger partial charge is 0.150 e.